The zero-order valence-electron chi connectivity index (χ0n) is 18.1. The summed E-state index contributed by atoms with van der Waals surface area (Å²) in [5.41, 5.74) is 11.5. The van der Waals surface area contributed by atoms with Crippen molar-refractivity contribution < 1.29 is 5.11 Å². The highest BCUT2D eigenvalue weighted by molar-refractivity contribution is 6.33. The number of halogens is 1. The van der Waals surface area contributed by atoms with Gasteiger partial charge in [-0.1, -0.05) is 18.5 Å². The van der Waals surface area contributed by atoms with E-state index in [2.05, 4.69) is 43.9 Å². The Hall–Kier alpha value is -2.49. The van der Waals surface area contributed by atoms with Crippen molar-refractivity contribution in [3.05, 3.63) is 23.2 Å². The Labute approximate surface area is 182 Å². The van der Waals surface area contributed by atoms with Crippen LogP contribution in [0.3, 0.4) is 0 Å². The van der Waals surface area contributed by atoms with Crippen LogP contribution in [0, 0.1) is 0 Å². The van der Waals surface area contributed by atoms with Crippen LogP contribution < -0.4 is 31.9 Å². The van der Waals surface area contributed by atoms with Gasteiger partial charge >= 0.3 is 0 Å². The van der Waals surface area contributed by atoms with E-state index in [0.29, 0.717) is 22.5 Å². The van der Waals surface area contributed by atoms with Gasteiger partial charge in [-0.3, -0.25) is 10.0 Å². The monoisotopic (exact) mass is 434 g/mol. The second-order valence-electron chi connectivity index (χ2n) is 7.89. The van der Waals surface area contributed by atoms with Crippen molar-refractivity contribution in [2.45, 2.75) is 59.2 Å². The molecule has 1 aliphatic heterocycles. The van der Waals surface area contributed by atoms with Gasteiger partial charge in [0.25, 0.3) is 0 Å². The van der Waals surface area contributed by atoms with Crippen LogP contribution in [0.4, 0.5) is 34.6 Å². The van der Waals surface area contributed by atoms with E-state index >= 15 is 0 Å². The second-order valence-corrected chi connectivity index (χ2v) is 8.30. The highest BCUT2D eigenvalue weighted by Crippen LogP contribution is 2.41. The summed E-state index contributed by atoms with van der Waals surface area (Å²) in [6, 6.07) is 5.56. The number of aliphatic hydroxyl groups excluding tert-OH is 1. The normalized spacial score (nSPS) is 14.4. The minimum Gasteiger partial charge on any atom is -0.397 e. The lowest BCUT2D eigenvalue weighted by Crippen LogP contribution is -2.50. The number of nitrogen functional groups attached to an aromatic ring is 1. The summed E-state index contributed by atoms with van der Waals surface area (Å²) < 4.78 is 0. The van der Waals surface area contributed by atoms with E-state index < -0.39 is 0 Å². The van der Waals surface area contributed by atoms with Gasteiger partial charge in [0.2, 0.25) is 5.95 Å². The van der Waals surface area contributed by atoms with Crippen LogP contribution in [0.1, 0.15) is 41.0 Å². The van der Waals surface area contributed by atoms with Gasteiger partial charge in [0.15, 0.2) is 11.6 Å². The van der Waals surface area contributed by atoms with Crippen LogP contribution >= 0.6 is 11.6 Å². The topological polar surface area (TPSA) is 115 Å². The highest BCUT2D eigenvalue weighted by atomic mass is 35.5. The molecule has 1 aromatic carbocycles. The molecule has 0 aliphatic carbocycles. The summed E-state index contributed by atoms with van der Waals surface area (Å²) in [5.74, 6) is 1.83. The zero-order valence-corrected chi connectivity index (χ0v) is 18.8. The fourth-order valence-electron chi connectivity index (χ4n) is 3.15. The quantitative estimate of drug-likeness (QED) is 0.398. The number of rotatable bonds is 8. The van der Waals surface area contributed by atoms with E-state index in [1.165, 1.54) is 0 Å². The molecular weight excluding hydrogens is 404 g/mol. The molecule has 1 unspecified atom stereocenters. The minimum absolute atomic E-state index is 0.00229. The number of aliphatic hydroxyl groups is 1. The molecule has 2 heterocycles. The molecule has 1 aliphatic rings. The Bertz CT molecular complexity index is 887. The Morgan fingerprint density at radius 2 is 1.87 bits per heavy atom. The molecule has 0 radical (unpaired) electrons. The average Bonchev–Trinajstić information content (AvgIpc) is 3.09. The SMILES string of the molecule is CCC(CO)Nc1nc(Nc2ccc(Cl)c(N)c2)c2c(n1)N(C(C)C)NN2C(C)C. The lowest BCUT2D eigenvalue weighted by molar-refractivity contribution is 0.271. The van der Waals surface area contributed by atoms with E-state index in [-0.39, 0.29) is 24.7 Å². The maximum Gasteiger partial charge on any atom is 0.227 e. The van der Waals surface area contributed by atoms with E-state index in [0.717, 1.165) is 23.6 Å². The molecule has 0 saturated carbocycles. The molecule has 10 heteroatoms. The van der Waals surface area contributed by atoms with Gasteiger partial charge in [-0.15, -0.1) is 5.53 Å². The number of fused-ring (bicyclic) bond motifs is 1. The molecule has 2 aromatic rings. The molecule has 0 saturated heterocycles. The van der Waals surface area contributed by atoms with Crippen LogP contribution in [-0.2, 0) is 0 Å². The van der Waals surface area contributed by atoms with E-state index in [1.807, 2.05) is 23.0 Å². The Morgan fingerprint density at radius 3 is 2.43 bits per heavy atom. The largest absolute Gasteiger partial charge is 0.397 e. The summed E-state index contributed by atoms with van der Waals surface area (Å²) >= 11 is 6.07. The van der Waals surface area contributed by atoms with Crippen LogP contribution in [0.5, 0.6) is 0 Å². The van der Waals surface area contributed by atoms with Gasteiger partial charge in [0.1, 0.15) is 5.69 Å². The van der Waals surface area contributed by atoms with Crippen molar-refractivity contribution in [1.29, 1.82) is 0 Å². The fourth-order valence-corrected chi connectivity index (χ4v) is 3.27. The number of nitrogens with zero attached hydrogens (tertiary/aromatic N) is 4. The second kappa shape index (κ2) is 9.11. The summed E-state index contributed by atoms with van der Waals surface area (Å²) in [6.45, 7) is 10.4. The molecule has 0 fully saturated rings. The number of nitrogens with one attached hydrogen (secondary N) is 3. The molecule has 6 N–H and O–H groups in total. The van der Waals surface area contributed by atoms with E-state index in [4.69, 9.17) is 27.3 Å². The van der Waals surface area contributed by atoms with Crippen LogP contribution in [0.2, 0.25) is 5.02 Å². The van der Waals surface area contributed by atoms with Gasteiger partial charge in [0, 0.05) is 17.8 Å². The molecular formula is C20H31ClN8O. The predicted octanol–water partition coefficient (Wildman–Crippen LogP) is 3.50. The smallest absolute Gasteiger partial charge is 0.227 e. The van der Waals surface area contributed by atoms with Crippen molar-refractivity contribution in [2.75, 3.05) is 33.0 Å². The number of anilines is 6. The maximum atomic E-state index is 9.61. The molecule has 1 aromatic heterocycles. The number of hydrazine groups is 2. The maximum absolute atomic E-state index is 9.61. The summed E-state index contributed by atoms with van der Waals surface area (Å²) in [7, 11) is 0. The third-order valence-electron chi connectivity index (χ3n) is 4.89. The van der Waals surface area contributed by atoms with Crippen molar-refractivity contribution in [3.63, 3.8) is 0 Å². The van der Waals surface area contributed by atoms with Crippen LogP contribution in [0.25, 0.3) is 0 Å². The number of nitrogens with two attached hydrogens (primary N) is 1. The molecule has 30 heavy (non-hydrogen) atoms. The molecule has 3 rings (SSSR count). The van der Waals surface area contributed by atoms with Gasteiger partial charge in [-0.2, -0.15) is 9.97 Å². The summed E-state index contributed by atoms with van der Waals surface area (Å²) in [5, 5.41) is 20.7. The molecule has 0 bridgehead atoms. The minimum atomic E-state index is -0.134. The molecule has 1 atom stereocenters. The first-order chi connectivity index (χ1) is 14.2. The van der Waals surface area contributed by atoms with Crippen molar-refractivity contribution in [1.82, 2.24) is 15.5 Å². The standard InChI is InChI=1S/C20H31ClN8O/c1-6-13(10-30)24-20-25-18(23-14-7-8-15(21)16(22)9-14)17-19(26-20)29(12(4)5)27-28(17)11(2)3/h7-9,11-13,27,30H,6,10,22H2,1-5H3,(H2,23,24,25,26). The first-order valence-corrected chi connectivity index (χ1v) is 10.6. The number of benzene rings is 1. The van der Waals surface area contributed by atoms with E-state index in [1.54, 1.807) is 12.1 Å². The van der Waals surface area contributed by atoms with Gasteiger partial charge in [-0.25, -0.2) is 0 Å². The predicted molar refractivity (Wildman–Crippen MR) is 124 cm³/mol. The van der Waals surface area contributed by atoms with Gasteiger partial charge in [0.05, 0.1) is 23.4 Å². The molecule has 164 valence electrons. The van der Waals surface area contributed by atoms with Crippen molar-refractivity contribution >= 4 is 46.2 Å². The molecule has 0 spiro atoms. The van der Waals surface area contributed by atoms with E-state index in [9.17, 15) is 5.11 Å². The lowest BCUT2D eigenvalue weighted by atomic mass is 10.2. The van der Waals surface area contributed by atoms with Crippen molar-refractivity contribution in [2.24, 2.45) is 0 Å². The molecule has 9 nitrogen and oxygen atoms in total. The summed E-state index contributed by atoms with van der Waals surface area (Å²) in [4.78, 5) is 9.49. The van der Waals surface area contributed by atoms with Crippen molar-refractivity contribution in [3.8, 4) is 0 Å². The zero-order chi connectivity index (χ0) is 22.0. The van der Waals surface area contributed by atoms with Gasteiger partial charge < -0.3 is 21.5 Å². The highest BCUT2D eigenvalue weighted by Gasteiger charge is 2.35. The Balaban J connectivity index is 2.11. The third-order valence-corrected chi connectivity index (χ3v) is 5.23. The third kappa shape index (κ3) is 4.48. The first kappa shape index (κ1) is 22.2. The van der Waals surface area contributed by atoms with Gasteiger partial charge in [-0.05, 0) is 52.3 Å². The number of aromatic nitrogens is 2. The average molecular weight is 435 g/mol. The fraction of sp³-hybridized carbons (Fsp3) is 0.500. The van der Waals surface area contributed by atoms with Crippen LogP contribution in [-0.4, -0.2) is 39.8 Å². The Morgan fingerprint density at radius 1 is 1.17 bits per heavy atom. The first-order valence-electron chi connectivity index (χ1n) is 10.2. The summed E-state index contributed by atoms with van der Waals surface area (Å²) in [6.07, 6.45) is 0.748. The number of hydrogen-bond donors (Lipinski definition) is 5. The number of hydrogen-bond acceptors (Lipinski definition) is 9. The van der Waals surface area contributed by atoms with Crippen LogP contribution in [0.15, 0.2) is 18.2 Å². The Kier molecular flexibility index (Phi) is 6.74. The molecule has 0 amide bonds. The lowest BCUT2D eigenvalue weighted by Gasteiger charge is -2.27.